The molecule has 0 spiro atoms. The lowest BCUT2D eigenvalue weighted by Gasteiger charge is -2.11. The maximum Gasteiger partial charge on any atom is 0.131 e. The first-order valence-corrected chi connectivity index (χ1v) is 5.17. The Bertz CT molecular complexity index is 523. The van der Waals surface area contributed by atoms with Crippen molar-refractivity contribution in [1.29, 1.82) is 0 Å². The number of rotatable bonds is 3. The minimum Gasteiger partial charge on any atom is -0.302 e. The Morgan fingerprint density at radius 3 is 2.29 bits per heavy atom. The summed E-state index contributed by atoms with van der Waals surface area (Å²) in [4.78, 5) is 11.1. The number of carbonyl (C=O) groups excluding carboxylic acids is 1. The van der Waals surface area contributed by atoms with Crippen molar-refractivity contribution in [3.63, 3.8) is 0 Å². The fraction of sp³-hybridized carbons (Fsp3) is 0.0714. The van der Waals surface area contributed by atoms with Crippen LogP contribution in [0.15, 0.2) is 48.5 Å². The van der Waals surface area contributed by atoms with E-state index in [0.29, 0.717) is 11.8 Å². The molecule has 0 aliphatic carbocycles. The lowest BCUT2D eigenvalue weighted by molar-refractivity contribution is -0.108. The molecule has 0 saturated heterocycles. The summed E-state index contributed by atoms with van der Waals surface area (Å²) in [6, 6.07) is 12.1. The van der Waals surface area contributed by atoms with Gasteiger partial charge in [-0.15, -0.1) is 0 Å². The summed E-state index contributed by atoms with van der Waals surface area (Å²) in [5.41, 5.74) is 0.876. The second kappa shape index (κ2) is 4.87. The molecule has 2 aromatic rings. The second-order valence-electron chi connectivity index (χ2n) is 3.69. The fourth-order valence-corrected chi connectivity index (χ4v) is 1.75. The normalized spacial score (nSPS) is 12.1. The first-order valence-electron chi connectivity index (χ1n) is 5.17. The van der Waals surface area contributed by atoms with Crippen molar-refractivity contribution in [1.82, 2.24) is 0 Å². The van der Waals surface area contributed by atoms with Crippen molar-refractivity contribution in [3.8, 4) is 0 Å². The summed E-state index contributed by atoms with van der Waals surface area (Å²) < 4.78 is 26.4. The predicted molar refractivity (Wildman–Crippen MR) is 60.7 cm³/mol. The van der Waals surface area contributed by atoms with Crippen LogP contribution in [0.3, 0.4) is 0 Å². The van der Waals surface area contributed by atoms with Crippen molar-refractivity contribution in [2.45, 2.75) is 5.92 Å². The molecule has 86 valence electrons. The van der Waals surface area contributed by atoms with Crippen molar-refractivity contribution in [2.75, 3.05) is 0 Å². The molecule has 2 aromatic carbocycles. The van der Waals surface area contributed by atoms with Crippen LogP contribution in [0.1, 0.15) is 17.0 Å². The SMILES string of the molecule is O=CC(c1ccccc1)c1ccc(F)cc1F. The van der Waals surface area contributed by atoms with Crippen molar-refractivity contribution < 1.29 is 13.6 Å². The van der Waals surface area contributed by atoms with Gasteiger partial charge in [-0.2, -0.15) is 0 Å². The first kappa shape index (κ1) is 11.5. The number of benzene rings is 2. The molecule has 17 heavy (non-hydrogen) atoms. The highest BCUT2D eigenvalue weighted by molar-refractivity contribution is 5.68. The molecule has 0 aliphatic heterocycles. The molecule has 1 atom stereocenters. The monoisotopic (exact) mass is 232 g/mol. The van der Waals surface area contributed by atoms with Crippen LogP contribution in [-0.4, -0.2) is 6.29 Å². The van der Waals surface area contributed by atoms with Crippen LogP contribution < -0.4 is 0 Å². The Morgan fingerprint density at radius 2 is 1.71 bits per heavy atom. The number of hydrogen-bond donors (Lipinski definition) is 0. The number of aldehydes is 1. The highest BCUT2D eigenvalue weighted by Gasteiger charge is 2.17. The van der Waals surface area contributed by atoms with Gasteiger partial charge in [0.15, 0.2) is 0 Å². The van der Waals surface area contributed by atoms with Gasteiger partial charge >= 0.3 is 0 Å². The molecule has 0 aromatic heterocycles. The molecule has 0 fully saturated rings. The van der Waals surface area contributed by atoms with E-state index in [-0.39, 0.29) is 5.56 Å². The van der Waals surface area contributed by atoms with E-state index in [1.54, 1.807) is 24.3 Å². The van der Waals surface area contributed by atoms with Gasteiger partial charge in [-0.25, -0.2) is 8.78 Å². The minimum absolute atomic E-state index is 0.188. The maximum absolute atomic E-state index is 13.6. The first-order chi connectivity index (χ1) is 8.22. The van der Waals surface area contributed by atoms with Crippen molar-refractivity contribution in [2.24, 2.45) is 0 Å². The van der Waals surface area contributed by atoms with Crippen LogP contribution in [0.4, 0.5) is 8.78 Å². The third kappa shape index (κ3) is 2.38. The summed E-state index contributed by atoms with van der Waals surface area (Å²) in [5.74, 6) is -2.05. The Hall–Kier alpha value is -2.03. The molecule has 0 saturated carbocycles. The zero-order valence-corrected chi connectivity index (χ0v) is 8.94. The molecule has 1 unspecified atom stereocenters. The standard InChI is InChI=1S/C14H10F2O/c15-11-6-7-12(14(16)8-11)13(9-17)10-4-2-1-3-5-10/h1-9,13H. The van der Waals surface area contributed by atoms with E-state index in [4.69, 9.17) is 0 Å². The molecule has 0 heterocycles. The van der Waals surface area contributed by atoms with Crippen molar-refractivity contribution in [3.05, 3.63) is 71.3 Å². The zero-order chi connectivity index (χ0) is 12.3. The summed E-state index contributed by atoms with van der Waals surface area (Å²) in [7, 11) is 0. The van der Waals surface area contributed by atoms with E-state index >= 15 is 0 Å². The predicted octanol–water partition coefficient (Wildman–Crippen LogP) is 3.30. The number of carbonyl (C=O) groups is 1. The van der Waals surface area contributed by atoms with E-state index in [1.165, 1.54) is 6.07 Å². The Balaban J connectivity index is 2.46. The third-order valence-electron chi connectivity index (χ3n) is 2.59. The lowest BCUT2D eigenvalue weighted by Crippen LogP contribution is -2.05. The summed E-state index contributed by atoms with van der Waals surface area (Å²) >= 11 is 0. The van der Waals surface area contributed by atoms with Crippen LogP contribution in [-0.2, 0) is 4.79 Å². The number of halogens is 2. The zero-order valence-electron chi connectivity index (χ0n) is 8.94. The Kier molecular flexibility index (Phi) is 3.28. The van der Waals surface area contributed by atoms with Crippen LogP contribution in [0.2, 0.25) is 0 Å². The van der Waals surface area contributed by atoms with E-state index in [1.807, 2.05) is 6.07 Å². The second-order valence-corrected chi connectivity index (χ2v) is 3.69. The van der Waals surface area contributed by atoms with Crippen LogP contribution in [0.5, 0.6) is 0 Å². The van der Waals surface area contributed by atoms with Crippen LogP contribution in [0, 0.1) is 11.6 Å². The molecule has 3 heteroatoms. The van der Waals surface area contributed by atoms with Gasteiger partial charge in [0.05, 0.1) is 5.92 Å². The highest BCUT2D eigenvalue weighted by Crippen LogP contribution is 2.25. The van der Waals surface area contributed by atoms with E-state index in [9.17, 15) is 13.6 Å². The van der Waals surface area contributed by atoms with E-state index in [0.717, 1.165) is 12.1 Å². The molecular formula is C14H10F2O. The maximum atomic E-state index is 13.6. The van der Waals surface area contributed by atoms with Gasteiger partial charge in [-0.3, -0.25) is 0 Å². The summed E-state index contributed by atoms with van der Waals surface area (Å²) in [6.45, 7) is 0. The van der Waals surface area contributed by atoms with Gasteiger partial charge in [-0.1, -0.05) is 36.4 Å². The molecule has 2 rings (SSSR count). The number of hydrogen-bond acceptors (Lipinski definition) is 1. The van der Waals surface area contributed by atoms with Crippen LogP contribution in [0.25, 0.3) is 0 Å². The van der Waals surface area contributed by atoms with Gasteiger partial charge < -0.3 is 4.79 Å². The summed E-state index contributed by atoms with van der Waals surface area (Å²) in [6.07, 6.45) is 0.658. The van der Waals surface area contributed by atoms with Gasteiger partial charge in [-0.05, 0) is 11.6 Å². The average molecular weight is 232 g/mol. The molecule has 1 nitrogen and oxygen atoms in total. The highest BCUT2D eigenvalue weighted by atomic mass is 19.1. The van der Waals surface area contributed by atoms with E-state index < -0.39 is 17.6 Å². The van der Waals surface area contributed by atoms with Gasteiger partial charge in [0.1, 0.15) is 17.9 Å². The minimum atomic E-state index is -0.703. The quantitative estimate of drug-likeness (QED) is 0.742. The Labute approximate surface area is 97.7 Å². The molecule has 0 aliphatic rings. The molecular weight excluding hydrogens is 222 g/mol. The largest absolute Gasteiger partial charge is 0.302 e. The van der Waals surface area contributed by atoms with Gasteiger partial charge in [0, 0.05) is 11.6 Å². The fourth-order valence-electron chi connectivity index (χ4n) is 1.75. The Morgan fingerprint density at radius 1 is 1.00 bits per heavy atom. The molecule has 0 radical (unpaired) electrons. The van der Waals surface area contributed by atoms with Crippen LogP contribution >= 0.6 is 0 Å². The topological polar surface area (TPSA) is 17.1 Å². The van der Waals surface area contributed by atoms with Crippen molar-refractivity contribution >= 4 is 6.29 Å². The molecule has 0 N–H and O–H groups in total. The third-order valence-corrected chi connectivity index (χ3v) is 2.59. The lowest BCUT2D eigenvalue weighted by atomic mass is 9.92. The molecule has 0 amide bonds. The van der Waals surface area contributed by atoms with Gasteiger partial charge in [0.2, 0.25) is 0 Å². The molecule has 0 bridgehead atoms. The van der Waals surface area contributed by atoms with E-state index in [2.05, 4.69) is 0 Å². The van der Waals surface area contributed by atoms with Gasteiger partial charge in [0.25, 0.3) is 0 Å². The average Bonchev–Trinajstić information content (AvgIpc) is 2.34. The smallest absolute Gasteiger partial charge is 0.131 e. The summed E-state index contributed by atoms with van der Waals surface area (Å²) in [5, 5.41) is 0.